The maximum Gasteiger partial charge on any atom is 0.320 e. The molecule has 0 aromatic heterocycles. The Labute approximate surface area is 237 Å². The number of carbonyl (C=O) groups excluding carboxylic acids is 3. The van der Waals surface area contributed by atoms with E-state index in [4.69, 9.17) is 9.47 Å². The van der Waals surface area contributed by atoms with Crippen molar-refractivity contribution in [2.75, 3.05) is 13.7 Å². The summed E-state index contributed by atoms with van der Waals surface area (Å²) in [5.41, 5.74) is 0.503. The van der Waals surface area contributed by atoms with E-state index in [9.17, 15) is 14.4 Å². The van der Waals surface area contributed by atoms with Crippen LogP contribution in [0.5, 0.6) is 0 Å². The number of piperidine rings is 1. The summed E-state index contributed by atoms with van der Waals surface area (Å²) in [6.07, 6.45) is 7.91. The van der Waals surface area contributed by atoms with Gasteiger partial charge in [-0.05, 0) is 60.9 Å². The zero-order valence-corrected chi connectivity index (χ0v) is 24.0. The third-order valence-corrected chi connectivity index (χ3v) is 9.22. The fraction of sp³-hybridized carbons (Fsp3) is 0.545. The van der Waals surface area contributed by atoms with Crippen molar-refractivity contribution in [3.63, 3.8) is 0 Å². The van der Waals surface area contributed by atoms with Crippen molar-refractivity contribution in [1.29, 1.82) is 0 Å². The number of nitrogens with zero attached hydrogens (tertiary/aromatic N) is 1. The zero-order valence-electron chi connectivity index (χ0n) is 24.0. The van der Waals surface area contributed by atoms with E-state index in [2.05, 4.69) is 30.4 Å². The smallest absolute Gasteiger partial charge is 0.320 e. The van der Waals surface area contributed by atoms with Crippen LogP contribution in [0.25, 0.3) is 10.8 Å². The largest absolute Gasteiger partial charge is 0.468 e. The SMILES string of the molecule is CCCCNC(=O)C[C@H]1C[C@@]2(C(=O)OC)C(=C[C@H](C3CCCC3)O[C@@H]2C)N(Cc2cccc3ccccc23)C1=O. The standard InChI is InChI=1S/C33H42N2O5/c1-4-5-17-34-30(36)18-26-20-33(32(38)39-3)22(2)40-28(24-12-6-7-13-24)19-29(33)35(31(26)37)21-25-15-10-14-23-11-8-9-16-27(23)25/h8-11,14-16,19,22,24,26,28H,4-7,12-13,17-18,20-21H2,1-3H3,(H,34,36)/t22-,26+,28-,33+/m1/s1. The van der Waals surface area contributed by atoms with Crippen molar-refractivity contribution in [3.05, 3.63) is 59.8 Å². The van der Waals surface area contributed by atoms with E-state index in [1.807, 2.05) is 37.3 Å². The van der Waals surface area contributed by atoms with Gasteiger partial charge >= 0.3 is 5.97 Å². The fourth-order valence-electron chi connectivity index (χ4n) is 7.01. The molecule has 0 spiro atoms. The quantitative estimate of drug-likeness (QED) is 0.331. The van der Waals surface area contributed by atoms with Crippen LogP contribution in [0.15, 0.2) is 54.2 Å². The number of hydrogen-bond acceptors (Lipinski definition) is 5. The van der Waals surface area contributed by atoms with Crippen LogP contribution in [0.4, 0.5) is 0 Å². The maximum atomic E-state index is 14.3. The predicted molar refractivity (Wildman–Crippen MR) is 154 cm³/mol. The number of ether oxygens (including phenoxy) is 2. The molecule has 5 rings (SSSR count). The van der Waals surface area contributed by atoms with Gasteiger partial charge in [0, 0.05) is 24.6 Å². The molecule has 2 amide bonds. The first kappa shape index (κ1) is 28.3. The average molecular weight is 547 g/mol. The first-order valence-electron chi connectivity index (χ1n) is 14.9. The molecular formula is C33H42N2O5. The van der Waals surface area contributed by atoms with E-state index in [1.54, 1.807) is 4.90 Å². The van der Waals surface area contributed by atoms with Gasteiger partial charge in [-0.1, -0.05) is 68.7 Å². The lowest BCUT2D eigenvalue weighted by atomic mass is 9.66. The van der Waals surface area contributed by atoms with Gasteiger partial charge in [0.05, 0.1) is 25.9 Å². The number of amides is 2. The van der Waals surface area contributed by atoms with E-state index in [1.165, 1.54) is 7.11 Å². The van der Waals surface area contributed by atoms with Crippen LogP contribution in [-0.2, 0) is 30.4 Å². The van der Waals surface area contributed by atoms with Gasteiger partial charge in [-0.25, -0.2) is 0 Å². The lowest BCUT2D eigenvalue weighted by Gasteiger charge is -2.52. The average Bonchev–Trinajstić information content (AvgIpc) is 3.50. The molecule has 2 aromatic rings. The lowest BCUT2D eigenvalue weighted by molar-refractivity contribution is -0.178. The Balaban J connectivity index is 1.58. The van der Waals surface area contributed by atoms with Crippen LogP contribution in [-0.4, -0.2) is 48.5 Å². The molecule has 0 bridgehead atoms. The summed E-state index contributed by atoms with van der Waals surface area (Å²) in [6, 6.07) is 14.2. The molecule has 3 aliphatic rings. The second-order valence-corrected chi connectivity index (χ2v) is 11.7. The highest BCUT2D eigenvalue weighted by molar-refractivity contribution is 5.93. The second-order valence-electron chi connectivity index (χ2n) is 11.7. The number of unbranched alkanes of at least 4 members (excludes halogenated alkanes) is 1. The molecule has 7 nitrogen and oxygen atoms in total. The zero-order chi connectivity index (χ0) is 28.3. The van der Waals surface area contributed by atoms with Crippen molar-refractivity contribution in [2.45, 2.75) is 84.0 Å². The van der Waals surface area contributed by atoms with Crippen molar-refractivity contribution in [3.8, 4) is 0 Å². The number of fused-ring (bicyclic) bond motifs is 2. The second kappa shape index (κ2) is 12.1. The number of benzene rings is 2. The van der Waals surface area contributed by atoms with Crippen LogP contribution in [0.2, 0.25) is 0 Å². The summed E-state index contributed by atoms with van der Waals surface area (Å²) in [5.74, 6) is -1.01. The van der Waals surface area contributed by atoms with Gasteiger partial charge in [-0.2, -0.15) is 0 Å². The van der Waals surface area contributed by atoms with Crippen LogP contribution >= 0.6 is 0 Å². The molecular weight excluding hydrogens is 504 g/mol. The Kier molecular flexibility index (Phi) is 8.60. The molecule has 2 aliphatic heterocycles. The highest BCUT2D eigenvalue weighted by Gasteiger charge is 2.60. The van der Waals surface area contributed by atoms with Gasteiger partial charge in [0.15, 0.2) is 0 Å². The molecule has 7 heteroatoms. The molecule has 1 aliphatic carbocycles. The molecule has 2 aromatic carbocycles. The Bertz CT molecular complexity index is 1280. The molecule has 40 heavy (non-hydrogen) atoms. The molecule has 1 saturated heterocycles. The van der Waals surface area contributed by atoms with Gasteiger partial charge in [-0.15, -0.1) is 0 Å². The first-order chi connectivity index (χ1) is 19.4. The molecule has 4 atom stereocenters. The van der Waals surface area contributed by atoms with E-state index in [0.717, 1.165) is 54.9 Å². The normalized spacial score (nSPS) is 26.9. The van der Waals surface area contributed by atoms with Crippen LogP contribution < -0.4 is 5.32 Å². The monoisotopic (exact) mass is 546 g/mol. The highest BCUT2D eigenvalue weighted by Crippen LogP contribution is 2.52. The summed E-state index contributed by atoms with van der Waals surface area (Å²) in [5, 5.41) is 5.11. The van der Waals surface area contributed by atoms with Gasteiger partial charge in [0.2, 0.25) is 11.8 Å². The number of rotatable bonds is 9. The van der Waals surface area contributed by atoms with Crippen LogP contribution in [0.1, 0.15) is 70.8 Å². The summed E-state index contributed by atoms with van der Waals surface area (Å²) in [6.45, 7) is 4.88. The molecule has 2 fully saturated rings. The van der Waals surface area contributed by atoms with Crippen molar-refractivity contribution >= 4 is 28.6 Å². The first-order valence-corrected chi connectivity index (χ1v) is 14.9. The van der Waals surface area contributed by atoms with Crippen molar-refractivity contribution < 1.29 is 23.9 Å². The van der Waals surface area contributed by atoms with Crippen LogP contribution in [0.3, 0.4) is 0 Å². The topological polar surface area (TPSA) is 84.9 Å². The predicted octanol–water partition coefficient (Wildman–Crippen LogP) is 5.52. The molecule has 0 radical (unpaired) electrons. The fourth-order valence-corrected chi connectivity index (χ4v) is 7.01. The number of hydrogen-bond donors (Lipinski definition) is 1. The van der Waals surface area contributed by atoms with E-state index >= 15 is 0 Å². The van der Waals surface area contributed by atoms with Gasteiger partial charge in [0.1, 0.15) is 5.41 Å². The Morgan fingerprint density at radius 3 is 2.62 bits per heavy atom. The lowest BCUT2D eigenvalue weighted by Crippen LogP contribution is -2.60. The molecule has 2 heterocycles. The number of likely N-dealkylation sites (tertiary alicyclic amines) is 1. The molecule has 1 N–H and O–H groups in total. The van der Waals surface area contributed by atoms with Gasteiger partial charge < -0.3 is 19.7 Å². The summed E-state index contributed by atoms with van der Waals surface area (Å²) < 4.78 is 12.0. The van der Waals surface area contributed by atoms with Crippen molar-refractivity contribution in [1.82, 2.24) is 10.2 Å². The number of carbonyl (C=O) groups is 3. The Morgan fingerprint density at radius 2 is 1.88 bits per heavy atom. The Hall–Kier alpha value is -3.19. The maximum absolute atomic E-state index is 14.3. The van der Waals surface area contributed by atoms with Gasteiger partial charge in [-0.3, -0.25) is 14.4 Å². The molecule has 1 saturated carbocycles. The minimum absolute atomic E-state index is 0.0272. The molecule has 214 valence electrons. The summed E-state index contributed by atoms with van der Waals surface area (Å²) in [4.78, 5) is 42.7. The summed E-state index contributed by atoms with van der Waals surface area (Å²) >= 11 is 0. The van der Waals surface area contributed by atoms with E-state index in [0.29, 0.717) is 24.7 Å². The Morgan fingerprint density at radius 1 is 1.12 bits per heavy atom. The number of nitrogens with one attached hydrogen (secondary N) is 1. The van der Waals surface area contributed by atoms with E-state index in [-0.39, 0.29) is 30.8 Å². The third kappa shape index (κ3) is 5.28. The highest BCUT2D eigenvalue weighted by atomic mass is 16.5. The van der Waals surface area contributed by atoms with Crippen LogP contribution in [0, 0.1) is 17.3 Å². The van der Waals surface area contributed by atoms with E-state index < -0.39 is 23.4 Å². The minimum atomic E-state index is -1.17. The summed E-state index contributed by atoms with van der Waals surface area (Å²) in [7, 11) is 1.39. The number of esters is 1. The third-order valence-electron chi connectivity index (χ3n) is 9.22. The number of methoxy groups -OCH3 is 1. The minimum Gasteiger partial charge on any atom is -0.468 e. The molecule has 0 unspecified atom stereocenters. The van der Waals surface area contributed by atoms with Crippen molar-refractivity contribution in [2.24, 2.45) is 17.3 Å². The van der Waals surface area contributed by atoms with Gasteiger partial charge in [0.25, 0.3) is 0 Å².